The van der Waals surface area contributed by atoms with Crippen molar-refractivity contribution >= 4 is 17.2 Å². The van der Waals surface area contributed by atoms with E-state index in [9.17, 15) is 4.79 Å². The summed E-state index contributed by atoms with van der Waals surface area (Å²) in [7, 11) is 0. The summed E-state index contributed by atoms with van der Waals surface area (Å²) in [6.07, 6.45) is 1.61. The number of benzene rings is 2. The standard InChI is InChI=1S/C22H22N2O3S/c1-15-24-19(14-28-15)17-5-3-16(4-6-17)9-10-23-22(25)18-7-8-20-21(13-18)27-12-2-11-26-20/h3-8,13-14H,2,9-12H2,1H3,(H,23,25). The van der Waals surface area contributed by atoms with Gasteiger partial charge in [0.25, 0.3) is 5.91 Å². The van der Waals surface area contributed by atoms with Crippen LogP contribution in [0.25, 0.3) is 11.3 Å². The number of rotatable bonds is 5. The molecule has 5 nitrogen and oxygen atoms in total. The Hall–Kier alpha value is -2.86. The number of carbonyl (C=O) groups is 1. The quantitative estimate of drug-likeness (QED) is 0.703. The Labute approximate surface area is 168 Å². The van der Waals surface area contributed by atoms with E-state index in [2.05, 4.69) is 39.9 Å². The molecule has 1 aromatic heterocycles. The minimum atomic E-state index is -0.106. The van der Waals surface area contributed by atoms with E-state index in [0.29, 0.717) is 36.8 Å². The molecule has 0 spiro atoms. The predicted molar refractivity (Wildman–Crippen MR) is 110 cm³/mol. The smallest absolute Gasteiger partial charge is 0.251 e. The van der Waals surface area contributed by atoms with Crippen LogP contribution in [0.3, 0.4) is 0 Å². The van der Waals surface area contributed by atoms with Crippen molar-refractivity contribution in [2.45, 2.75) is 19.8 Å². The molecule has 4 rings (SSSR count). The summed E-state index contributed by atoms with van der Waals surface area (Å²) in [5.74, 6) is 1.23. The van der Waals surface area contributed by atoms with Gasteiger partial charge in [0, 0.05) is 29.5 Å². The van der Waals surface area contributed by atoms with Crippen LogP contribution in [0.1, 0.15) is 27.3 Å². The second-order valence-electron chi connectivity index (χ2n) is 6.67. The number of hydrogen-bond donors (Lipinski definition) is 1. The largest absolute Gasteiger partial charge is 0.490 e. The van der Waals surface area contributed by atoms with E-state index in [-0.39, 0.29) is 5.91 Å². The third kappa shape index (κ3) is 4.34. The number of aryl methyl sites for hydroxylation is 1. The first kappa shape index (κ1) is 18.5. The summed E-state index contributed by atoms with van der Waals surface area (Å²) in [5, 5.41) is 6.11. The van der Waals surface area contributed by atoms with E-state index in [0.717, 1.165) is 29.1 Å². The summed E-state index contributed by atoms with van der Waals surface area (Å²) in [5.41, 5.74) is 3.88. The van der Waals surface area contributed by atoms with Crippen molar-refractivity contribution < 1.29 is 14.3 Å². The molecule has 0 atom stereocenters. The molecule has 1 aliphatic heterocycles. The zero-order chi connectivity index (χ0) is 19.3. The number of fused-ring (bicyclic) bond motifs is 1. The highest BCUT2D eigenvalue weighted by molar-refractivity contribution is 7.09. The van der Waals surface area contributed by atoms with Crippen LogP contribution < -0.4 is 14.8 Å². The Morgan fingerprint density at radius 3 is 2.64 bits per heavy atom. The van der Waals surface area contributed by atoms with Crippen molar-refractivity contribution in [2.75, 3.05) is 19.8 Å². The fourth-order valence-electron chi connectivity index (χ4n) is 3.07. The molecule has 1 amide bonds. The minimum Gasteiger partial charge on any atom is -0.490 e. The van der Waals surface area contributed by atoms with Crippen molar-refractivity contribution in [2.24, 2.45) is 0 Å². The molecule has 0 aliphatic carbocycles. The highest BCUT2D eigenvalue weighted by Gasteiger charge is 2.14. The first-order chi connectivity index (χ1) is 13.7. The predicted octanol–water partition coefficient (Wildman–Crippen LogP) is 4.25. The number of hydrogen-bond acceptors (Lipinski definition) is 5. The van der Waals surface area contributed by atoms with Crippen molar-refractivity contribution in [1.82, 2.24) is 10.3 Å². The number of thiazole rings is 1. The van der Waals surface area contributed by atoms with Crippen molar-refractivity contribution in [3.05, 3.63) is 64.0 Å². The normalized spacial score (nSPS) is 13.0. The third-order valence-electron chi connectivity index (χ3n) is 4.58. The summed E-state index contributed by atoms with van der Waals surface area (Å²) < 4.78 is 11.3. The zero-order valence-electron chi connectivity index (χ0n) is 15.7. The van der Waals surface area contributed by atoms with Gasteiger partial charge in [-0.3, -0.25) is 4.79 Å². The molecule has 3 aromatic rings. The van der Waals surface area contributed by atoms with Crippen LogP contribution in [0.5, 0.6) is 11.5 Å². The Kier molecular flexibility index (Phi) is 5.58. The average Bonchev–Trinajstić information content (AvgIpc) is 3.01. The summed E-state index contributed by atoms with van der Waals surface area (Å²) in [6, 6.07) is 13.7. The Balaban J connectivity index is 1.32. The lowest BCUT2D eigenvalue weighted by atomic mass is 10.1. The molecule has 28 heavy (non-hydrogen) atoms. The average molecular weight is 394 g/mol. The van der Waals surface area contributed by atoms with Gasteiger partial charge in [-0.2, -0.15) is 0 Å². The molecule has 0 fully saturated rings. The van der Waals surface area contributed by atoms with Crippen LogP contribution >= 0.6 is 11.3 Å². The SMILES string of the molecule is Cc1nc(-c2ccc(CCNC(=O)c3ccc4c(c3)OCCCO4)cc2)cs1. The van der Waals surface area contributed by atoms with Crippen molar-refractivity contribution in [3.63, 3.8) is 0 Å². The number of amides is 1. The lowest BCUT2D eigenvalue weighted by Gasteiger charge is -2.10. The van der Waals surface area contributed by atoms with E-state index in [1.54, 1.807) is 29.5 Å². The topological polar surface area (TPSA) is 60.5 Å². The molecular weight excluding hydrogens is 372 g/mol. The lowest BCUT2D eigenvalue weighted by molar-refractivity contribution is 0.0953. The Bertz CT molecular complexity index is 966. The van der Waals surface area contributed by atoms with E-state index >= 15 is 0 Å². The third-order valence-corrected chi connectivity index (χ3v) is 5.35. The van der Waals surface area contributed by atoms with Gasteiger partial charge in [0.2, 0.25) is 0 Å². The Morgan fingerprint density at radius 2 is 1.89 bits per heavy atom. The van der Waals surface area contributed by atoms with Gasteiger partial charge in [0.1, 0.15) is 0 Å². The molecule has 0 bridgehead atoms. The lowest BCUT2D eigenvalue weighted by Crippen LogP contribution is -2.25. The van der Waals surface area contributed by atoms with Gasteiger partial charge in [-0.05, 0) is 37.1 Å². The number of carbonyl (C=O) groups excluding carboxylic acids is 1. The zero-order valence-corrected chi connectivity index (χ0v) is 16.6. The molecular formula is C22H22N2O3S. The van der Waals surface area contributed by atoms with Crippen molar-refractivity contribution in [3.8, 4) is 22.8 Å². The number of nitrogens with one attached hydrogen (secondary N) is 1. The number of nitrogens with zero attached hydrogens (tertiary/aromatic N) is 1. The second kappa shape index (κ2) is 8.44. The summed E-state index contributed by atoms with van der Waals surface area (Å²) in [6.45, 7) is 3.82. The monoisotopic (exact) mass is 394 g/mol. The first-order valence-corrected chi connectivity index (χ1v) is 10.3. The van der Waals surface area contributed by atoms with E-state index in [1.165, 1.54) is 5.56 Å². The van der Waals surface area contributed by atoms with Gasteiger partial charge >= 0.3 is 0 Å². The molecule has 0 radical (unpaired) electrons. The fourth-order valence-corrected chi connectivity index (χ4v) is 3.69. The molecule has 6 heteroatoms. The fraction of sp³-hybridized carbons (Fsp3) is 0.273. The second-order valence-corrected chi connectivity index (χ2v) is 7.73. The minimum absolute atomic E-state index is 0.106. The van der Waals surface area contributed by atoms with Crippen molar-refractivity contribution in [1.29, 1.82) is 0 Å². The van der Waals surface area contributed by atoms with Crippen LogP contribution in [0.15, 0.2) is 47.8 Å². The Morgan fingerprint density at radius 1 is 1.11 bits per heavy atom. The van der Waals surface area contributed by atoms with Crippen LogP contribution in [-0.4, -0.2) is 30.6 Å². The number of ether oxygens (including phenoxy) is 2. The van der Waals surface area contributed by atoms with Gasteiger partial charge in [-0.15, -0.1) is 11.3 Å². The molecule has 144 valence electrons. The maximum atomic E-state index is 12.4. The van der Waals surface area contributed by atoms with E-state index < -0.39 is 0 Å². The maximum Gasteiger partial charge on any atom is 0.251 e. The van der Waals surface area contributed by atoms with Crippen LogP contribution in [-0.2, 0) is 6.42 Å². The highest BCUT2D eigenvalue weighted by Crippen LogP contribution is 2.30. The molecule has 1 N–H and O–H groups in total. The molecule has 0 saturated carbocycles. The van der Waals surface area contributed by atoms with Gasteiger partial charge in [0.05, 0.1) is 23.9 Å². The van der Waals surface area contributed by atoms with Gasteiger partial charge in [-0.1, -0.05) is 24.3 Å². The number of aromatic nitrogens is 1. The molecule has 2 heterocycles. The van der Waals surface area contributed by atoms with Gasteiger partial charge in [0.15, 0.2) is 11.5 Å². The molecule has 2 aromatic carbocycles. The highest BCUT2D eigenvalue weighted by atomic mass is 32.1. The van der Waals surface area contributed by atoms with Crippen LogP contribution in [0.4, 0.5) is 0 Å². The molecule has 1 aliphatic rings. The first-order valence-electron chi connectivity index (χ1n) is 9.38. The van der Waals surface area contributed by atoms with E-state index in [4.69, 9.17) is 9.47 Å². The van der Waals surface area contributed by atoms with Crippen LogP contribution in [0, 0.1) is 6.92 Å². The van der Waals surface area contributed by atoms with E-state index in [1.807, 2.05) is 6.92 Å². The van der Waals surface area contributed by atoms with Crippen LogP contribution in [0.2, 0.25) is 0 Å². The van der Waals surface area contributed by atoms with Gasteiger partial charge in [-0.25, -0.2) is 4.98 Å². The summed E-state index contributed by atoms with van der Waals surface area (Å²) >= 11 is 1.65. The summed E-state index contributed by atoms with van der Waals surface area (Å²) in [4.78, 5) is 16.9. The van der Waals surface area contributed by atoms with Gasteiger partial charge < -0.3 is 14.8 Å². The maximum absolute atomic E-state index is 12.4. The molecule has 0 saturated heterocycles. The molecule has 0 unspecified atom stereocenters.